The van der Waals surface area contributed by atoms with Crippen LogP contribution in [0.4, 0.5) is 0 Å². The molecule has 0 fully saturated rings. The number of hydrogen-bond donors (Lipinski definition) is 1. The molecule has 1 heterocycles. The Morgan fingerprint density at radius 3 is 2.67 bits per heavy atom. The second kappa shape index (κ2) is 6.43. The largest absolute Gasteiger partial charge is 0.307 e. The number of carbonyl (C=O) groups excluding carboxylic acids is 1. The Kier molecular flexibility index (Phi) is 5.47. The van der Waals surface area contributed by atoms with Crippen LogP contribution in [0.1, 0.15) is 51.7 Å². The molecule has 102 valence electrons. The molecule has 3 nitrogen and oxygen atoms in total. The van der Waals surface area contributed by atoms with Gasteiger partial charge in [-0.05, 0) is 13.3 Å². The van der Waals surface area contributed by atoms with Crippen molar-refractivity contribution in [1.82, 2.24) is 10.3 Å². The van der Waals surface area contributed by atoms with Crippen molar-refractivity contribution in [2.45, 2.75) is 58.9 Å². The smallest absolute Gasteiger partial charge is 0.153 e. The summed E-state index contributed by atoms with van der Waals surface area (Å²) in [6, 6.07) is 0.399. The van der Waals surface area contributed by atoms with Gasteiger partial charge in [-0.3, -0.25) is 4.79 Å². The predicted molar refractivity (Wildman–Crippen MR) is 77.3 cm³/mol. The lowest BCUT2D eigenvalue weighted by Gasteiger charge is -2.14. The molecule has 1 atom stereocenters. The van der Waals surface area contributed by atoms with E-state index in [0.29, 0.717) is 19.0 Å². The average molecular weight is 268 g/mol. The van der Waals surface area contributed by atoms with Crippen molar-refractivity contribution in [3.63, 3.8) is 0 Å². The van der Waals surface area contributed by atoms with Gasteiger partial charge in [-0.2, -0.15) is 0 Å². The van der Waals surface area contributed by atoms with Gasteiger partial charge in [0.15, 0.2) is 5.78 Å². The molecule has 0 saturated carbocycles. The molecule has 1 unspecified atom stereocenters. The molecule has 0 bridgehead atoms. The van der Waals surface area contributed by atoms with Gasteiger partial charge < -0.3 is 5.32 Å². The first-order valence-electron chi connectivity index (χ1n) is 6.53. The number of rotatable bonds is 6. The Morgan fingerprint density at radius 1 is 1.50 bits per heavy atom. The molecule has 18 heavy (non-hydrogen) atoms. The lowest BCUT2D eigenvalue weighted by atomic mass is 9.93. The summed E-state index contributed by atoms with van der Waals surface area (Å²) in [6.45, 7) is 11.1. The van der Waals surface area contributed by atoms with E-state index in [0.717, 1.165) is 17.1 Å². The molecule has 0 amide bonds. The fourth-order valence-electron chi connectivity index (χ4n) is 1.40. The van der Waals surface area contributed by atoms with Crippen LogP contribution in [0.5, 0.6) is 0 Å². The molecule has 0 saturated heterocycles. The van der Waals surface area contributed by atoms with E-state index in [1.54, 1.807) is 11.3 Å². The number of aromatic nitrogens is 1. The average Bonchev–Trinajstić information content (AvgIpc) is 2.74. The van der Waals surface area contributed by atoms with Gasteiger partial charge in [-0.15, -0.1) is 11.3 Å². The number of nitrogens with zero attached hydrogens (tertiary/aromatic N) is 1. The zero-order valence-electron chi connectivity index (χ0n) is 12.0. The topological polar surface area (TPSA) is 42.0 Å². The minimum Gasteiger partial charge on any atom is -0.307 e. The Bertz CT molecular complexity index is 393. The molecule has 0 aromatic carbocycles. The molecule has 0 radical (unpaired) electrons. The summed E-state index contributed by atoms with van der Waals surface area (Å²) in [4.78, 5) is 16.3. The summed E-state index contributed by atoms with van der Waals surface area (Å²) >= 11 is 1.59. The summed E-state index contributed by atoms with van der Waals surface area (Å²) < 4.78 is 0. The van der Waals surface area contributed by atoms with Crippen LogP contribution < -0.4 is 5.32 Å². The highest BCUT2D eigenvalue weighted by Gasteiger charge is 2.18. The molecule has 1 aromatic rings. The first-order valence-corrected chi connectivity index (χ1v) is 7.41. The molecule has 0 aliphatic rings. The maximum absolute atomic E-state index is 11.8. The summed E-state index contributed by atoms with van der Waals surface area (Å²) in [5.74, 6) is 0.213. The SMILES string of the molecule is CCC(C)NCC(=O)Cc1nc(C(C)(C)C)cs1. The van der Waals surface area contributed by atoms with E-state index < -0.39 is 0 Å². The van der Waals surface area contributed by atoms with Gasteiger partial charge in [0, 0.05) is 16.8 Å². The van der Waals surface area contributed by atoms with Crippen LogP contribution in [0.25, 0.3) is 0 Å². The van der Waals surface area contributed by atoms with E-state index in [1.807, 2.05) is 0 Å². The van der Waals surface area contributed by atoms with Crippen molar-refractivity contribution in [2.75, 3.05) is 6.54 Å². The highest BCUT2D eigenvalue weighted by Crippen LogP contribution is 2.24. The Balaban J connectivity index is 2.48. The number of carbonyl (C=O) groups is 1. The molecule has 0 aliphatic heterocycles. The fourth-order valence-corrected chi connectivity index (χ4v) is 2.45. The number of hydrogen-bond acceptors (Lipinski definition) is 4. The normalized spacial score (nSPS) is 13.6. The zero-order chi connectivity index (χ0) is 13.8. The van der Waals surface area contributed by atoms with Crippen LogP contribution in [-0.4, -0.2) is 23.4 Å². The van der Waals surface area contributed by atoms with Crippen molar-refractivity contribution in [3.8, 4) is 0 Å². The standard InChI is InChI=1S/C14H24N2OS/c1-6-10(2)15-8-11(17)7-13-16-12(9-18-13)14(3,4)5/h9-10,15H,6-8H2,1-5H3. The first-order chi connectivity index (χ1) is 8.32. The van der Waals surface area contributed by atoms with Gasteiger partial charge in [0.25, 0.3) is 0 Å². The van der Waals surface area contributed by atoms with Crippen molar-refractivity contribution >= 4 is 17.1 Å². The second-order valence-electron chi connectivity index (χ2n) is 5.78. The summed E-state index contributed by atoms with van der Waals surface area (Å²) in [6.07, 6.45) is 1.49. The van der Waals surface area contributed by atoms with Crippen LogP contribution in [0.15, 0.2) is 5.38 Å². The highest BCUT2D eigenvalue weighted by atomic mass is 32.1. The molecule has 1 N–H and O–H groups in total. The Morgan fingerprint density at radius 2 is 2.17 bits per heavy atom. The van der Waals surface area contributed by atoms with Crippen molar-refractivity contribution in [3.05, 3.63) is 16.1 Å². The van der Waals surface area contributed by atoms with Crippen LogP contribution >= 0.6 is 11.3 Å². The maximum Gasteiger partial charge on any atom is 0.153 e. The Labute approximate surface area is 114 Å². The minimum absolute atomic E-state index is 0.0623. The van der Waals surface area contributed by atoms with E-state index >= 15 is 0 Å². The van der Waals surface area contributed by atoms with E-state index in [-0.39, 0.29) is 11.2 Å². The van der Waals surface area contributed by atoms with E-state index in [9.17, 15) is 4.79 Å². The number of Topliss-reactive ketones (excluding diaryl/α,β-unsaturated/α-hetero) is 1. The van der Waals surface area contributed by atoms with Crippen molar-refractivity contribution in [2.24, 2.45) is 0 Å². The van der Waals surface area contributed by atoms with Gasteiger partial charge in [0.1, 0.15) is 5.01 Å². The van der Waals surface area contributed by atoms with Crippen LogP contribution in [0.2, 0.25) is 0 Å². The van der Waals surface area contributed by atoms with Gasteiger partial charge in [0.05, 0.1) is 18.7 Å². The van der Waals surface area contributed by atoms with Gasteiger partial charge in [-0.1, -0.05) is 27.7 Å². The highest BCUT2D eigenvalue weighted by molar-refractivity contribution is 7.09. The lowest BCUT2D eigenvalue weighted by molar-refractivity contribution is -0.117. The van der Waals surface area contributed by atoms with Crippen LogP contribution in [0, 0.1) is 0 Å². The molecular weight excluding hydrogens is 244 g/mol. The molecule has 1 rings (SSSR count). The third-order valence-electron chi connectivity index (χ3n) is 2.93. The second-order valence-corrected chi connectivity index (χ2v) is 6.72. The Hall–Kier alpha value is -0.740. The van der Waals surface area contributed by atoms with Gasteiger partial charge in [-0.25, -0.2) is 4.98 Å². The van der Waals surface area contributed by atoms with E-state index in [2.05, 4.69) is 50.3 Å². The van der Waals surface area contributed by atoms with Crippen molar-refractivity contribution in [1.29, 1.82) is 0 Å². The summed E-state index contributed by atoms with van der Waals surface area (Å²) in [5.41, 5.74) is 1.14. The predicted octanol–water partition coefficient (Wildman–Crippen LogP) is 2.94. The first kappa shape index (κ1) is 15.3. The summed E-state index contributed by atoms with van der Waals surface area (Å²) in [5, 5.41) is 6.20. The van der Waals surface area contributed by atoms with E-state index in [1.165, 1.54) is 0 Å². The lowest BCUT2D eigenvalue weighted by Crippen LogP contribution is -2.31. The molecule has 0 spiro atoms. The van der Waals surface area contributed by atoms with Crippen molar-refractivity contribution < 1.29 is 4.79 Å². The fraction of sp³-hybridized carbons (Fsp3) is 0.714. The van der Waals surface area contributed by atoms with E-state index in [4.69, 9.17) is 0 Å². The quantitative estimate of drug-likeness (QED) is 0.862. The van der Waals surface area contributed by atoms with Crippen LogP contribution in [-0.2, 0) is 16.6 Å². The number of nitrogens with one attached hydrogen (secondary N) is 1. The maximum atomic E-state index is 11.8. The molecule has 1 aromatic heterocycles. The molecule has 0 aliphatic carbocycles. The zero-order valence-corrected chi connectivity index (χ0v) is 12.9. The molecule has 4 heteroatoms. The third kappa shape index (κ3) is 4.86. The monoisotopic (exact) mass is 268 g/mol. The van der Waals surface area contributed by atoms with Crippen LogP contribution in [0.3, 0.4) is 0 Å². The minimum atomic E-state index is 0.0623. The third-order valence-corrected chi connectivity index (χ3v) is 3.78. The van der Waals surface area contributed by atoms with Gasteiger partial charge in [0.2, 0.25) is 0 Å². The number of thiazole rings is 1. The molecular formula is C14H24N2OS. The van der Waals surface area contributed by atoms with Gasteiger partial charge >= 0.3 is 0 Å². The number of ketones is 1. The summed E-state index contributed by atoms with van der Waals surface area (Å²) in [7, 11) is 0.